The van der Waals surface area contributed by atoms with Crippen molar-refractivity contribution in [3.05, 3.63) is 0 Å². The first-order valence-corrected chi connectivity index (χ1v) is 7.94. The molecule has 0 unspecified atom stereocenters. The Hall–Kier alpha value is -0.300. The zero-order chi connectivity index (χ0) is 14.0. The van der Waals surface area contributed by atoms with E-state index in [0.717, 1.165) is 25.7 Å². The van der Waals surface area contributed by atoms with E-state index in [1.54, 1.807) is 7.11 Å². The Kier molecular flexibility index (Phi) is 5.05. The summed E-state index contributed by atoms with van der Waals surface area (Å²) in [6.45, 7) is 2.76. The maximum atomic E-state index is 11.1. The predicted molar refractivity (Wildman–Crippen MR) is 72.2 cm³/mol. The Morgan fingerprint density at radius 2 is 1.78 bits per heavy atom. The number of ether oxygens (including phenoxy) is 1. The molecule has 0 heterocycles. The molecule has 0 saturated heterocycles. The van der Waals surface area contributed by atoms with Gasteiger partial charge in [0.15, 0.2) is 4.75 Å². The number of hydrogen-bond donors (Lipinski definition) is 3. The van der Waals surface area contributed by atoms with Gasteiger partial charge in [-0.15, -0.1) is 0 Å². The number of rotatable bonds is 5. The Morgan fingerprint density at radius 1 is 1.28 bits per heavy atom. The molecular formula is C12H24O5S. The maximum absolute atomic E-state index is 11.1. The van der Waals surface area contributed by atoms with Gasteiger partial charge in [-0.05, 0) is 45.4 Å². The van der Waals surface area contributed by atoms with Gasteiger partial charge in [-0.1, -0.05) is 0 Å². The van der Waals surface area contributed by atoms with Crippen LogP contribution in [0.3, 0.4) is 0 Å². The highest BCUT2D eigenvalue weighted by Gasteiger charge is 2.43. The number of hydrogen-bond acceptors (Lipinski definition) is 4. The van der Waals surface area contributed by atoms with Gasteiger partial charge in [-0.3, -0.25) is 9.11 Å². The van der Waals surface area contributed by atoms with Crippen LogP contribution in [-0.4, -0.2) is 43.9 Å². The molecule has 0 aromatic carbocycles. The van der Waals surface area contributed by atoms with Gasteiger partial charge in [-0.2, -0.15) is 10.6 Å². The normalized spacial score (nSPS) is 26.9. The Balaban J connectivity index is 2.59. The van der Waals surface area contributed by atoms with Gasteiger partial charge in [0.25, 0.3) is 0 Å². The molecule has 0 atom stereocenters. The summed E-state index contributed by atoms with van der Waals surface area (Å²) in [7, 11) is -1.44. The first-order chi connectivity index (χ1) is 8.20. The molecule has 3 N–H and O–H groups in total. The third kappa shape index (κ3) is 3.38. The van der Waals surface area contributed by atoms with Crippen LogP contribution in [-0.2, 0) is 9.53 Å². The van der Waals surface area contributed by atoms with E-state index < -0.39 is 21.3 Å². The molecule has 0 radical (unpaired) electrons. The smallest absolute Gasteiger partial charge is 0.328 e. The molecule has 0 amide bonds. The van der Waals surface area contributed by atoms with E-state index in [4.69, 9.17) is 9.84 Å². The zero-order valence-electron chi connectivity index (χ0n) is 11.3. The molecule has 1 aliphatic rings. The fourth-order valence-electron chi connectivity index (χ4n) is 2.21. The third-order valence-corrected chi connectivity index (χ3v) is 6.67. The molecule has 1 aliphatic carbocycles. The molecule has 0 aliphatic heterocycles. The van der Waals surface area contributed by atoms with Crippen LogP contribution >= 0.6 is 10.6 Å². The van der Waals surface area contributed by atoms with Crippen molar-refractivity contribution >= 4 is 16.6 Å². The molecule has 1 fully saturated rings. The molecular weight excluding hydrogens is 256 g/mol. The fourth-order valence-corrected chi connectivity index (χ4v) is 3.90. The van der Waals surface area contributed by atoms with Crippen molar-refractivity contribution in [2.24, 2.45) is 5.92 Å². The summed E-state index contributed by atoms with van der Waals surface area (Å²) < 4.78 is 24.0. The molecule has 6 heteroatoms. The van der Waals surface area contributed by atoms with Crippen LogP contribution in [0, 0.1) is 5.92 Å². The van der Waals surface area contributed by atoms with E-state index in [2.05, 4.69) is 0 Å². The van der Waals surface area contributed by atoms with Crippen molar-refractivity contribution in [3.63, 3.8) is 0 Å². The largest absolute Gasteiger partial charge is 0.480 e. The Morgan fingerprint density at radius 3 is 2.17 bits per heavy atom. The van der Waals surface area contributed by atoms with E-state index in [9.17, 15) is 13.9 Å². The lowest BCUT2D eigenvalue weighted by Gasteiger charge is -2.46. The van der Waals surface area contributed by atoms with Gasteiger partial charge in [0.1, 0.15) is 0 Å². The SMILES string of the molecule is COC1CCC(CS(O)(O)C(C)(C)C(=O)O)CC1. The number of carboxylic acid groups (broad SMARTS) is 1. The van der Waals surface area contributed by atoms with Crippen LogP contribution in [0.5, 0.6) is 0 Å². The summed E-state index contributed by atoms with van der Waals surface area (Å²) in [6, 6.07) is 0. The van der Waals surface area contributed by atoms with Crippen molar-refractivity contribution in [1.82, 2.24) is 0 Å². The minimum atomic E-state index is -3.12. The van der Waals surface area contributed by atoms with Gasteiger partial charge >= 0.3 is 5.97 Å². The first kappa shape index (κ1) is 15.8. The van der Waals surface area contributed by atoms with Crippen LogP contribution in [0.15, 0.2) is 0 Å². The molecule has 0 spiro atoms. The minimum absolute atomic E-state index is 0.181. The van der Waals surface area contributed by atoms with Crippen LogP contribution in [0.1, 0.15) is 39.5 Å². The Labute approximate surface area is 110 Å². The lowest BCUT2D eigenvalue weighted by molar-refractivity contribution is -0.139. The monoisotopic (exact) mass is 280 g/mol. The fraction of sp³-hybridized carbons (Fsp3) is 0.917. The van der Waals surface area contributed by atoms with E-state index >= 15 is 0 Å². The van der Waals surface area contributed by atoms with E-state index in [0.29, 0.717) is 0 Å². The molecule has 0 aromatic heterocycles. The van der Waals surface area contributed by atoms with Crippen LogP contribution in [0.4, 0.5) is 0 Å². The summed E-state index contributed by atoms with van der Waals surface area (Å²) in [5.41, 5.74) is 0. The zero-order valence-corrected chi connectivity index (χ0v) is 12.1. The summed E-state index contributed by atoms with van der Waals surface area (Å²) in [6.07, 6.45) is 3.80. The van der Waals surface area contributed by atoms with Gasteiger partial charge in [0.2, 0.25) is 0 Å². The van der Waals surface area contributed by atoms with Crippen molar-refractivity contribution in [2.75, 3.05) is 12.9 Å². The van der Waals surface area contributed by atoms with Crippen LogP contribution in [0.25, 0.3) is 0 Å². The lowest BCUT2D eigenvalue weighted by atomic mass is 9.89. The molecule has 0 aromatic rings. The van der Waals surface area contributed by atoms with Crippen molar-refractivity contribution in [1.29, 1.82) is 0 Å². The second-order valence-corrected chi connectivity index (χ2v) is 8.21. The van der Waals surface area contributed by atoms with Crippen molar-refractivity contribution < 1.29 is 23.7 Å². The van der Waals surface area contributed by atoms with E-state index in [1.807, 2.05) is 0 Å². The average Bonchev–Trinajstić information content (AvgIpc) is 2.29. The van der Waals surface area contributed by atoms with Gasteiger partial charge < -0.3 is 9.84 Å². The van der Waals surface area contributed by atoms with Gasteiger partial charge in [0.05, 0.1) is 6.10 Å². The number of carbonyl (C=O) groups is 1. The quantitative estimate of drug-likeness (QED) is 0.721. The van der Waals surface area contributed by atoms with Crippen molar-refractivity contribution in [3.8, 4) is 0 Å². The summed E-state index contributed by atoms with van der Waals surface area (Å²) in [5, 5.41) is 9.07. The van der Waals surface area contributed by atoms with Gasteiger partial charge in [-0.25, -0.2) is 4.79 Å². The van der Waals surface area contributed by atoms with E-state index in [1.165, 1.54) is 13.8 Å². The molecule has 108 valence electrons. The highest BCUT2D eigenvalue weighted by molar-refractivity contribution is 8.26. The molecule has 18 heavy (non-hydrogen) atoms. The minimum Gasteiger partial charge on any atom is -0.480 e. The van der Waals surface area contributed by atoms with Gasteiger partial charge in [0, 0.05) is 12.9 Å². The third-order valence-electron chi connectivity index (χ3n) is 3.93. The topological polar surface area (TPSA) is 87.0 Å². The highest BCUT2D eigenvalue weighted by Crippen LogP contribution is 2.54. The van der Waals surface area contributed by atoms with Crippen LogP contribution in [0.2, 0.25) is 0 Å². The summed E-state index contributed by atoms with van der Waals surface area (Å²) in [5.74, 6) is -0.795. The van der Waals surface area contributed by atoms with Crippen molar-refractivity contribution in [2.45, 2.75) is 50.4 Å². The highest BCUT2D eigenvalue weighted by atomic mass is 32.3. The second kappa shape index (κ2) is 5.77. The molecule has 0 bridgehead atoms. The van der Waals surface area contributed by atoms with E-state index in [-0.39, 0.29) is 17.8 Å². The molecule has 1 rings (SSSR count). The first-order valence-electron chi connectivity index (χ1n) is 6.22. The average molecular weight is 280 g/mol. The number of carboxylic acids is 1. The maximum Gasteiger partial charge on any atom is 0.328 e. The van der Waals surface area contributed by atoms with Crippen LogP contribution < -0.4 is 0 Å². The predicted octanol–water partition coefficient (Wildman–Crippen LogP) is 2.81. The summed E-state index contributed by atoms with van der Waals surface area (Å²) >= 11 is 0. The number of aliphatic carboxylic acids is 1. The second-order valence-electron chi connectivity index (χ2n) is 5.53. The molecule has 5 nitrogen and oxygen atoms in total. The Bertz CT molecular complexity index is 295. The molecule has 1 saturated carbocycles. The summed E-state index contributed by atoms with van der Waals surface area (Å²) in [4.78, 5) is 11.1. The standard InChI is InChI=1S/C12H24O5S/c1-12(2,11(13)14)18(15,16)8-9-4-6-10(17-3)7-5-9/h9-10,15-16H,4-8H2,1-3H3,(H,13,14). The lowest BCUT2D eigenvalue weighted by Crippen LogP contribution is -2.40. The number of methoxy groups -OCH3 is 1.